The fraction of sp³-hybridized carbons (Fsp3) is 0.316. The van der Waals surface area contributed by atoms with Crippen LogP contribution in [0.15, 0.2) is 36.4 Å². The molecule has 0 unspecified atom stereocenters. The molecule has 8 heteroatoms. The first-order valence-electron chi connectivity index (χ1n) is 8.62. The van der Waals surface area contributed by atoms with E-state index in [-0.39, 0.29) is 28.5 Å². The molecule has 2 aromatic heterocycles. The highest BCUT2D eigenvalue weighted by Gasteiger charge is 2.36. The predicted molar refractivity (Wildman–Crippen MR) is 93.0 cm³/mol. The summed E-state index contributed by atoms with van der Waals surface area (Å²) >= 11 is 0. The molecule has 27 heavy (non-hydrogen) atoms. The highest BCUT2D eigenvalue weighted by molar-refractivity contribution is 5.97. The van der Waals surface area contributed by atoms with Crippen LogP contribution in [0, 0.1) is 12.8 Å². The topological polar surface area (TPSA) is 70.7 Å². The largest absolute Gasteiger partial charge is 0.449 e. The summed E-state index contributed by atoms with van der Waals surface area (Å²) in [6, 6.07) is 9.73. The molecule has 1 aliphatic carbocycles. The zero-order valence-electron chi connectivity index (χ0n) is 14.5. The van der Waals surface area contributed by atoms with Crippen molar-refractivity contribution in [3.8, 4) is 0 Å². The average Bonchev–Trinajstić information content (AvgIpc) is 3.35. The van der Waals surface area contributed by atoms with Gasteiger partial charge in [-0.3, -0.25) is 9.78 Å². The van der Waals surface area contributed by atoms with Crippen molar-refractivity contribution in [3.63, 3.8) is 0 Å². The van der Waals surface area contributed by atoms with Gasteiger partial charge >= 0.3 is 6.18 Å². The summed E-state index contributed by atoms with van der Waals surface area (Å²) in [4.78, 5) is 23.0. The van der Waals surface area contributed by atoms with Gasteiger partial charge in [0.15, 0.2) is 0 Å². The van der Waals surface area contributed by atoms with Gasteiger partial charge in [-0.05, 0) is 56.0 Å². The zero-order valence-corrected chi connectivity index (χ0v) is 14.5. The summed E-state index contributed by atoms with van der Waals surface area (Å²) in [6.45, 7) is 1.89. The number of nitrogens with zero attached hydrogens (tertiary/aromatic N) is 2. The van der Waals surface area contributed by atoms with Crippen LogP contribution in [0.1, 0.15) is 46.5 Å². The van der Waals surface area contributed by atoms with Gasteiger partial charge in [-0.25, -0.2) is 4.98 Å². The first-order valence-corrected chi connectivity index (χ1v) is 8.62. The maximum absolute atomic E-state index is 12.8. The fourth-order valence-electron chi connectivity index (χ4n) is 3.11. The van der Waals surface area contributed by atoms with Crippen molar-refractivity contribution in [3.05, 3.63) is 59.2 Å². The summed E-state index contributed by atoms with van der Waals surface area (Å²) in [6.07, 6.45) is -2.54. The minimum absolute atomic E-state index is 0.165. The second-order valence-electron chi connectivity index (χ2n) is 6.81. The van der Waals surface area contributed by atoms with Gasteiger partial charge in [-0.15, -0.1) is 0 Å². The number of imidazole rings is 1. The summed E-state index contributed by atoms with van der Waals surface area (Å²) in [7, 11) is 0. The molecule has 3 aromatic rings. The quantitative estimate of drug-likeness (QED) is 0.720. The molecule has 2 heterocycles. The summed E-state index contributed by atoms with van der Waals surface area (Å²) in [5.74, 6) is -1.09. The van der Waals surface area contributed by atoms with Crippen LogP contribution < -0.4 is 5.32 Å². The number of hydrogen-bond donors (Lipinski definition) is 2. The van der Waals surface area contributed by atoms with Crippen LogP contribution in [0.5, 0.6) is 0 Å². The molecule has 2 N–H and O–H groups in total. The standard InChI is InChI=1S/C19H17F3N4O/c1-10-3-2-4-14(23-10)16(11-5-6-11)26-17(27)12-7-8-13-15(9-12)25-18(24-13)19(20,21)22/h2-4,7-9,11,16H,5-6H2,1H3,(H,24,25)(H,26,27)/t16-/m1/s1. The molecule has 1 aromatic carbocycles. The number of H-pyrrole nitrogens is 1. The fourth-order valence-corrected chi connectivity index (χ4v) is 3.11. The molecule has 4 rings (SSSR count). The third-order valence-electron chi connectivity index (χ3n) is 4.62. The van der Waals surface area contributed by atoms with E-state index in [0.717, 1.165) is 24.2 Å². The van der Waals surface area contributed by atoms with Gasteiger partial charge in [-0.2, -0.15) is 13.2 Å². The van der Waals surface area contributed by atoms with E-state index in [1.807, 2.05) is 25.1 Å². The van der Waals surface area contributed by atoms with Crippen molar-refractivity contribution in [2.45, 2.75) is 32.0 Å². The number of benzene rings is 1. The zero-order chi connectivity index (χ0) is 19.2. The minimum atomic E-state index is -4.56. The van der Waals surface area contributed by atoms with Crippen LogP contribution in [-0.2, 0) is 6.18 Å². The summed E-state index contributed by atoms with van der Waals surface area (Å²) < 4.78 is 38.4. The number of hydrogen-bond acceptors (Lipinski definition) is 3. The van der Waals surface area contributed by atoms with E-state index in [4.69, 9.17) is 0 Å². The Morgan fingerprint density at radius 3 is 2.67 bits per heavy atom. The second-order valence-corrected chi connectivity index (χ2v) is 6.81. The van der Waals surface area contributed by atoms with Gasteiger partial charge in [0.1, 0.15) is 0 Å². The lowest BCUT2D eigenvalue weighted by atomic mass is 10.1. The smallest absolute Gasteiger partial charge is 0.343 e. The van der Waals surface area contributed by atoms with E-state index in [0.29, 0.717) is 5.92 Å². The molecule has 1 saturated carbocycles. The number of aromatic nitrogens is 3. The normalized spacial score (nSPS) is 15.7. The summed E-state index contributed by atoms with van der Waals surface area (Å²) in [5.41, 5.74) is 2.28. The van der Waals surface area contributed by atoms with Crippen LogP contribution >= 0.6 is 0 Å². The van der Waals surface area contributed by atoms with Crippen molar-refractivity contribution in [1.82, 2.24) is 20.3 Å². The number of fused-ring (bicyclic) bond motifs is 1. The maximum atomic E-state index is 12.8. The molecule has 1 atom stereocenters. The van der Waals surface area contributed by atoms with Crippen LogP contribution in [0.2, 0.25) is 0 Å². The number of carbonyl (C=O) groups is 1. The molecule has 0 spiro atoms. The monoisotopic (exact) mass is 374 g/mol. The Bertz CT molecular complexity index is 1010. The first-order chi connectivity index (χ1) is 12.8. The van der Waals surface area contributed by atoms with Crippen molar-refractivity contribution in [2.24, 2.45) is 5.92 Å². The molecule has 0 bridgehead atoms. The third-order valence-corrected chi connectivity index (χ3v) is 4.62. The number of pyridine rings is 1. The van der Waals surface area contributed by atoms with Gasteiger partial charge in [0, 0.05) is 11.3 Å². The van der Waals surface area contributed by atoms with E-state index in [1.165, 1.54) is 18.2 Å². The molecule has 1 fully saturated rings. The maximum Gasteiger partial charge on any atom is 0.449 e. The van der Waals surface area contributed by atoms with Crippen molar-refractivity contribution in [2.75, 3.05) is 0 Å². The second kappa shape index (κ2) is 6.37. The Labute approximate surface area is 153 Å². The number of nitrogens with one attached hydrogen (secondary N) is 2. The van der Waals surface area contributed by atoms with E-state index < -0.39 is 12.0 Å². The molecule has 0 aliphatic heterocycles. The van der Waals surface area contributed by atoms with E-state index in [1.54, 1.807) is 0 Å². The van der Waals surface area contributed by atoms with Crippen LogP contribution in [0.3, 0.4) is 0 Å². The number of aromatic amines is 1. The van der Waals surface area contributed by atoms with Gasteiger partial charge in [0.25, 0.3) is 5.91 Å². The molecule has 0 radical (unpaired) electrons. The summed E-state index contributed by atoms with van der Waals surface area (Å²) in [5, 5.41) is 2.98. The van der Waals surface area contributed by atoms with Crippen LogP contribution in [0.4, 0.5) is 13.2 Å². The number of carbonyl (C=O) groups excluding carboxylic acids is 1. The van der Waals surface area contributed by atoms with E-state index in [9.17, 15) is 18.0 Å². The number of alkyl halides is 3. The first kappa shape index (κ1) is 17.5. The molecule has 1 aliphatic rings. The molecular weight excluding hydrogens is 357 g/mol. The molecule has 0 saturated heterocycles. The number of rotatable bonds is 4. The number of halogens is 3. The van der Waals surface area contributed by atoms with E-state index >= 15 is 0 Å². The van der Waals surface area contributed by atoms with E-state index in [2.05, 4.69) is 20.3 Å². The van der Waals surface area contributed by atoms with Gasteiger partial charge in [-0.1, -0.05) is 6.07 Å². The molecule has 1 amide bonds. The Kier molecular flexibility index (Phi) is 4.13. The minimum Gasteiger partial charge on any atom is -0.343 e. The Morgan fingerprint density at radius 1 is 1.22 bits per heavy atom. The lowest BCUT2D eigenvalue weighted by Gasteiger charge is -2.18. The number of amides is 1. The Morgan fingerprint density at radius 2 is 2.00 bits per heavy atom. The number of aryl methyl sites for hydroxylation is 1. The predicted octanol–water partition coefficient (Wildman–Crippen LogP) is 4.17. The molecule has 5 nitrogen and oxygen atoms in total. The Balaban J connectivity index is 1.59. The SMILES string of the molecule is Cc1cccc([C@H](NC(=O)c2ccc3nc(C(F)(F)F)[nH]c3c2)C2CC2)n1. The Hall–Kier alpha value is -2.90. The van der Waals surface area contributed by atoms with Crippen molar-refractivity contribution in [1.29, 1.82) is 0 Å². The van der Waals surface area contributed by atoms with Crippen molar-refractivity contribution < 1.29 is 18.0 Å². The van der Waals surface area contributed by atoms with Crippen LogP contribution in [0.25, 0.3) is 11.0 Å². The van der Waals surface area contributed by atoms with Crippen LogP contribution in [-0.4, -0.2) is 20.9 Å². The average molecular weight is 374 g/mol. The van der Waals surface area contributed by atoms with Crippen molar-refractivity contribution >= 4 is 16.9 Å². The highest BCUT2D eigenvalue weighted by atomic mass is 19.4. The lowest BCUT2D eigenvalue weighted by Crippen LogP contribution is -2.30. The lowest BCUT2D eigenvalue weighted by molar-refractivity contribution is -0.144. The van der Waals surface area contributed by atoms with Gasteiger partial charge < -0.3 is 10.3 Å². The highest BCUT2D eigenvalue weighted by Crippen LogP contribution is 2.40. The molecule has 140 valence electrons. The molecular formula is C19H17F3N4O. The van der Waals surface area contributed by atoms with Gasteiger partial charge in [0.05, 0.1) is 22.8 Å². The third kappa shape index (κ3) is 3.65. The van der Waals surface area contributed by atoms with Gasteiger partial charge in [0.2, 0.25) is 5.82 Å².